The fraction of sp³-hybridized carbons (Fsp3) is 0.667. The standard InChI is InChI=1S/C6H10O2/c1-2-3-5-6(4-7)8-5/h2-3,5-7H,4H2,1H3/b3-2+/t5-,6+/m0/s1. The Balaban J connectivity index is 2.17. The lowest BCUT2D eigenvalue weighted by atomic mass is 10.3. The number of aliphatic hydroxyl groups is 1. The Hall–Kier alpha value is -0.340. The second kappa shape index (κ2) is 2.29. The molecule has 2 nitrogen and oxygen atoms in total. The van der Waals surface area contributed by atoms with Crippen LogP contribution >= 0.6 is 0 Å². The first kappa shape index (κ1) is 5.79. The van der Waals surface area contributed by atoms with Crippen LogP contribution in [0, 0.1) is 0 Å². The zero-order valence-electron chi connectivity index (χ0n) is 4.87. The molecule has 8 heavy (non-hydrogen) atoms. The maximum Gasteiger partial charge on any atom is 0.111 e. The first-order chi connectivity index (χ1) is 3.88. The number of allylic oxidation sites excluding steroid dienone is 1. The second-order valence-electron chi connectivity index (χ2n) is 1.85. The lowest BCUT2D eigenvalue weighted by Gasteiger charge is -1.76. The fourth-order valence-electron chi connectivity index (χ4n) is 0.662. The number of hydrogen-bond donors (Lipinski definition) is 1. The van der Waals surface area contributed by atoms with E-state index in [2.05, 4.69) is 0 Å². The smallest absolute Gasteiger partial charge is 0.111 e. The van der Waals surface area contributed by atoms with Crippen molar-refractivity contribution in [1.29, 1.82) is 0 Å². The maximum absolute atomic E-state index is 8.44. The van der Waals surface area contributed by atoms with E-state index in [-0.39, 0.29) is 18.8 Å². The molecule has 1 fully saturated rings. The number of hydrogen-bond acceptors (Lipinski definition) is 2. The largest absolute Gasteiger partial charge is 0.394 e. The molecule has 0 saturated carbocycles. The first-order valence-corrected chi connectivity index (χ1v) is 2.77. The molecule has 0 amide bonds. The summed E-state index contributed by atoms with van der Waals surface area (Å²) in [6.45, 7) is 2.09. The monoisotopic (exact) mass is 114 g/mol. The highest BCUT2D eigenvalue weighted by Crippen LogP contribution is 2.21. The fourth-order valence-corrected chi connectivity index (χ4v) is 0.662. The summed E-state index contributed by atoms with van der Waals surface area (Å²) in [6, 6.07) is 0. The zero-order chi connectivity index (χ0) is 5.98. The van der Waals surface area contributed by atoms with E-state index in [1.807, 2.05) is 19.1 Å². The van der Waals surface area contributed by atoms with Gasteiger partial charge in [0.1, 0.15) is 12.2 Å². The molecule has 0 radical (unpaired) electrons. The van der Waals surface area contributed by atoms with Crippen molar-refractivity contribution < 1.29 is 9.84 Å². The minimum absolute atomic E-state index is 0.0891. The summed E-state index contributed by atoms with van der Waals surface area (Å²) in [6.07, 6.45) is 4.16. The van der Waals surface area contributed by atoms with Crippen LogP contribution < -0.4 is 0 Å². The van der Waals surface area contributed by atoms with Gasteiger partial charge in [-0.3, -0.25) is 0 Å². The third kappa shape index (κ3) is 1.08. The summed E-state index contributed by atoms with van der Waals surface area (Å²) in [5.74, 6) is 0. The van der Waals surface area contributed by atoms with E-state index in [9.17, 15) is 0 Å². The van der Waals surface area contributed by atoms with Gasteiger partial charge in [0.25, 0.3) is 0 Å². The Bertz CT molecular complexity index is 98.7. The Morgan fingerprint density at radius 2 is 2.50 bits per heavy atom. The molecular weight excluding hydrogens is 104 g/mol. The number of epoxide rings is 1. The highest BCUT2D eigenvalue weighted by Gasteiger charge is 2.34. The van der Waals surface area contributed by atoms with Crippen molar-refractivity contribution in [2.24, 2.45) is 0 Å². The van der Waals surface area contributed by atoms with Crippen molar-refractivity contribution in [2.45, 2.75) is 19.1 Å². The molecule has 0 aromatic heterocycles. The van der Waals surface area contributed by atoms with Gasteiger partial charge in [0.05, 0.1) is 6.61 Å². The summed E-state index contributed by atoms with van der Waals surface area (Å²) in [5, 5.41) is 8.44. The second-order valence-corrected chi connectivity index (χ2v) is 1.85. The van der Waals surface area contributed by atoms with Gasteiger partial charge >= 0.3 is 0 Å². The Labute approximate surface area is 48.8 Å². The van der Waals surface area contributed by atoms with E-state index in [0.717, 1.165) is 0 Å². The van der Waals surface area contributed by atoms with Gasteiger partial charge in [-0.15, -0.1) is 0 Å². The van der Waals surface area contributed by atoms with E-state index in [4.69, 9.17) is 9.84 Å². The Morgan fingerprint density at radius 1 is 1.75 bits per heavy atom. The van der Waals surface area contributed by atoms with Crippen LogP contribution in [0.1, 0.15) is 6.92 Å². The van der Waals surface area contributed by atoms with E-state index in [1.54, 1.807) is 0 Å². The molecule has 0 aliphatic carbocycles. The molecule has 2 atom stereocenters. The topological polar surface area (TPSA) is 32.8 Å². The summed E-state index contributed by atoms with van der Waals surface area (Å²) in [4.78, 5) is 0. The van der Waals surface area contributed by atoms with Crippen LogP contribution in [0.5, 0.6) is 0 Å². The van der Waals surface area contributed by atoms with Crippen molar-refractivity contribution in [3.05, 3.63) is 12.2 Å². The lowest BCUT2D eigenvalue weighted by Crippen LogP contribution is -1.95. The van der Waals surface area contributed by atoms with Gasteiger partial charge in [-0.05, 0) is 6.92 Å². The molecule has 0 aromatic carbocycles. The summed E-state index contributed by atoms with van der Waals surface area (Å²) in [7, 11) is 0. The van der Waals surface area contributed by atoms with Gasteiger partial charge in [0.2, 0.25) is 0 Å². The molecular formula is C6H10O2. The molecule has 1 N–H and O–H groups in total. The van der Waals surface area contributed by atoms with Crippen LogP contribution in [-0.4, -0.2) is 23.9 Å². The molecule has 1 heterocycles. The van der Waals surface area contributed by atoms with Gasteiger partial charge in [-0.1, -0.05) is 12.2 Å². The van der Waals surface area contributed by atoms with Crippen molar-refractivity contribution in [2.75, 3.05) is 6.61 Å². The summed E-state index contributed by atoms with van der Waals surface area (Å²) in [5.41, 5.74) is 0. The highest BCUT2D eigenvalue weighted by molar-refractivity contribution is 5.00. The molecule has 1 rings (SSSR count). The molecule has 1 saturated heterocycles. The third-order valence-corrected chi connectivity index (χ3v) is 1.18. The Kier molecular flexibility index (Phi) is 1.65. The van der Waals surface area contributed by atoms with Gasteiger partial charge < -0.3 is 9.84 Å². The average Bonchev–Trinajstić information content (AvgIpc) is 2.48. The molecule has 46 valence electrons. The van der Waals surface area contributed by atoms with Crippen molar-refractivity contribution in [1.82, 2.24) is 0 Å². The van der Waals surface area contributed by atoms with Gasteiger partial charge in [0.15, 0.2) is 0 Å². The molecule has 0 bridgehead atoms. The molecule has 0 spiro atoms. The molecule has 0 aromatic rings. The number of rotatable bonds is 2. The average molecular weight is 114 g/mol. The van der Waals surface area contributed by atoms with Crippen LogP contribution in [0.15, 0.2) is 12.2 Å². The SMILES string of the molecule is C/C=C/[C@@H]1O[C@@H]1CO. The maximum atomic E-state index is 8.44. The predicted octanol–water partition coefficient (Wildman–Crippen LogP) is 0.322. The van der Waals surface area contributed by atoms with E-state index in [1.165, 1.54) is 0 Å². The summed E-state index contributed by atoms with van der Waals surface area (Å²) >= 11 is 0. The zero-order valence-corrected chi connectivity index (χ0v) is 4.87. The number of aliphatic hydroxyl groups excluding tert-OH is 1. The lowest BCUT2D eigenvalue weighted by molar-refractivity contribution is 0.243. The van der Waals surface area contributed by atoms with Crippen LogP contribution in [0.2, 0.25) is 0 Å². The van der Waals surface area contributed by atoms with Crippen LogP contribution in [0.3, 0.4) is 0 Å². The highest BCUT2D eigenvalue weighted by atomic mass is 16.6. The van der Waals surface area contributed by atoms with Crippen LogP contribution in [0.25, 0.3) is 0 Å². The van der Waals surface area contributed by atoms with Gasteiger partial charge in [-0.25, -0.2) is 0 Å². The van der Waals surface area contributed by atoms with Crippen LogP contribution in [-0.2, 0) is 4.74 Å². The van der Waals surface area contributed by atoms with E-state index in [0.29, 0.717) is 0 Å². The molecule has 1 aliphatic rings. The Morgan fingerprint density at radius 3 is 2.88 bits per heavy atom. The summed E-state index contributed by atoms with van der Waals surface area (Å²) < 4.78 is 4.97. The minimum Gasteiger partial charge on any atom is -0.394 e. The van der Waals surface area contributed by atoms with Crippen LogP contribution in [0.4, 0.5) is 0 Å². The quantitative estimate of drug-likeness (QED) is 0.414. The third-order valence-electron chi connectivity index (χ3n) is 1.18. The number of ether oxygens (including phenoxy) is 1. The van der Waals surface area contributed by atoms with Crippen molar-refractivity contribution in [3.63, 3.8) is 0 Å². The van der Waals surface area contributed by atoms with Crippen molar-refractivity contribution in [3.8, 4) is 0 Å². The molecule has 1 aliphatic heterocycles. The first-order valence-electron chi connectivity index (χ1n) is 2.77. The molecule has 2 heteroatoms. The molecule has 0 unspecified atom stereocenters. The van der Waals surface area contributed by atoms with Gasteiger partial charge in [0, 0.05) is 0 Å². The van der Waals surface area contributed by atoms with Gasteiger partial charge in [-0.2, -0.15) is 0 Å². The predicted molar refractivity (Wildman–Crippen MR) is 30.6 cm³/mol. The minimum atomic E-state index is 0.0891. The van der Waals surface area contributed by atoms with E-state index >= 15 is 0 Å². The van der Waals surface area contributed by atoms with E-state index < -0.39 is 0 Å². The normalized spacial score (nSPS) is 36.2. The van der Waals surface area contributed by atoms with Crippen molar-refractivity contribution >= 4 is 0 Å².